The van der Waals surface area contributed by atoms with Crippen LogP contribution in [0.5, 0.6) is 0 Å². The van der Waals surface area contributed by atoms with Gasteiger partial charge >= 0.3 is 0 Å². The second kappa shape index (κ2) is 6.37. The third-order valence-corrected chi connectivity index (χ3v) is 4.22. The van der Waals surface area contributed by atoms with Gasteiger partial charge < -0.3 is 10.4 Å². The molecule has 0 unspecified atom stereocenters. The van der Waals surface area contributed by atoms with Gasteiger partial charge in [-0.3, -0.25) is 9.48 Å². The lowest BCUT2D eigenvalue weighted by Crippen LogP contribution is -2.20. The van der Waals surface area contributed by atoms with Gasteiger partial charge in [0.1, 0.15) is 5.69 Å². The molecule has 0 bridgehead atoms. The highest BCUT2D eigenvalue weighted by Crippen LogP contribution is 2.21. The van der Waals surface area contributed by atoms with E-state index in [9.17, 15) is 9.90 Å². The van der Waals surface area contributed by atoms with Crippen molar-refractivity contribution >= 4 is 11.4 Å². The van der Waals surface area contributed by atoms with Crippen molar-refractivity contribution in [3.05, 3.63) is 76.2 Å². The van der Waals surface area contributed by atoms with Gasteiger partial charge in [0.25, 0.3) is 5.56 Å². The lowest BCUT2D eigenvalue weighted by atomic mass is 10.1. The van der Waals surface area contributed by atoms with Crippen molar-refractivity contribution < 1.29 is 5.11 Å². The summed E-state index contributed by atoms with van der Waals surface area (Å²) in [5.41, 5.74) is 3.78. The summed E-state index contributed by atoms with van der Waals surface area (Å²) in [7, 11) is 1.87. The van der Waals surface area contributed by atoms with E-state index in [1.54, 1.807) is 11.6 Å². The number of anilines is 2. The number of rotatable bonds is 4. The molecule has 1 aromatic heterocycles. The van der Waals surface area contributed by atoms with Crippen LogP contribution >= 0.6 is 0 Å². The third kappa shape index (κ3) is 2.86. The highest BCUT2D eigenvalue weighted by Gasteiger charge is 2.16. The van der Waals surface area contributed by atoms with Crippen LogP contribution in [0.2, 0.25) is 0 Å². The van der Waals surface area contributed by atoms with Crippen molar-refractivity contribution in [2.75, 3.05) is 5.32 Å². The van der Waals surface area contributed by atoms with Gasteiger partial charge in [0.2, 0.25) is 0 Å². The van der Waals surface area contributed by atoms with Gasteiger partial charge in [-0.25, -0.2) is 4.68 Å². The molecule has 0 amide bonds. The van der Waals surface area contributed by atoms with E-state index in [-0.39, 0.29) is 5.56 Å². The number of nitrogens with one attached hydrogen (secondary N) is 1. The molecule has 124 valence electrons. The standard InChI is InChI=1S/C19H21N3O2/c1-13-18(20-16-11-9-15(10-12-16)14(2)23)19(24)22(21(13)3)17-7-5-4-6-8-17/h4-12,14,20,23H,1-3H3/t14-/m0/s1. The quantitative estimate of drug-likeness (QED) is 0.774. The van der Waals surface area contributed by atoms with Crippen molar-refractivity contribution in [1.82, 2.24) is 9.36 Å². The first kappa shape index (κ1) is 16.1. The molecule has 24 heavy (non-hydrogen) atoms. The Morgan fingerprint density at radius 3 is 2.25 bits per heavy atom. The lowest BCUT2D eigenvalue weighted by Gasteiger charge is -2.08. The second-order valence-electron chi connectivity index (χ2n) is 5.86. The van der Waals surface area contributed by atoms with Crippen LogP contribution in [0.15, 0.2) is 59.4 Å². The fourth-order valence-electron chi connectivity index (χ4n) is 2.70. The third-order valence-electron chi connectivity index (χ3n) is 4.22. The molecule has 5 nitrogen and oxygen atoms in total. The number of aliphatic hydroxyl groups is 1. The number of benzene rings is 2. The SMILES string of the molecule is Cc1c(Nc2ccc([C@H](C)O)cc2)c(=O)n(-c2ccccc2)n1C. The van der Waals surface area contributed by atoms with Gasteiger partial charge in [0.05, 0.1) is 17.5 Å². The molecule has 3 rings (SSSR count). The van der Waals surface area contributed by atoms with Gasteiger partial charge in [-0.1, -0.05) is 30.3 Å². The van der Waals surface area contributed by atoms with E-state index < -0.39 is 6.10 Å². The summed E-state index contributed by atoms with van der Waals surface area (Å²) in [6.07, 6.45) is -0.507. The Morgan fingerprint density at radius 1 is 1.04 bits per heavy atom. The lowest BCUT2D eigenvalue weighted by molar-refractivity contribution is 0.199. The van der Waals surface area contributed by atoms with Crippen LogP contribution in [0.25, 0.3) is 5.69 Å². The summed E-state index contributed by atoms with van der Waals surface area (Å²) < 4.78 is 3.48. The monoisotopic (exact) mass is 323 g/mol. The maximum atomic E-state index is 12.8. The van der Waals surface area contributed by atoms with Crippen LogP contribution in [0.3, 0.4) is 0 Å². The zero-order chi connectivity index (χ0) is 17.3. The zero-order valence-corrected chi connectivity index (χ0v) is 14.0. The van der Waals surface area contributed by atoms with E-state index in [2.05, 4.69) is 5.32 Å². The fraction of sp³-hybridized carbons (Fsp3) is 0.211. The van der Waals surface area contributed by atoms with Crippen molar-refractivity contribution in [1.29, 1.82) is 0 Å². The molecule has 0 fully saturated rings. The molecule has 0 spiro atoms. The number of aliphatic hydroxyl groups excluding tert-OH is 1. The van der Waals surface area contributed by atoms with Crippen molar-refractivity contribution in [3.8, 4) is 5.69 Å². The summed E-state index contributed by atoms with van der Waals surface area (Å²) in [4.78, 5) is 12.8. The molecule has 5 heteroatoms. The normalized spacial score (nSPS) is 12.2. The van der Waals surface area contributed by atoms with E-state index in [1.807, 2.05) is 73.3 Å². The molecular weight excluding hydrogens is 302 g/mol. The predicted octanol–water partition coefficient (Wildman–Crippen LogP) is 3.28. The molecule has 0 saturated heterocycles. The maximum Gasteiger partial charge on any atom is 0.295 e. The van der Waals surface area contributed by atoms with Gasteiger partial charge in [0, 0.05) is 12.7 Å². The molecule has 1 atom stereocenters. The van der Waals surface area contributed by atoms with Crippen LogP contribution < -0.4 is 10.9 Å². The fourth-order valence-corrected chi connectivity index (χ4v) is 2.70. The average Bonchev–Trinajstić information content (AvgIpc) is 2.80. The largest absolute Gasteiger partial charge is 0.389 e. The molecule has 0 radical (unpaired) electrons. The molecular formula is C19H21N3O2. The minimum absolute atomic E-state index is 0.0965. The Hall–Kier alpha value is -2.79. The van der Waals surface area contributed by atoms with E-state index >= 15 is 0 Å². The number of nitrogens with zero attached hydrogens (tertiary/aromatic N) is 2. The molecule has 2 N–H and O–H groups in total. The van der Waals surface area contributed by atoms with Gasteiger partial charge in [-0.15, -0.1) is 0 Å². The summed E-state index contributed by atoms with van der Waals surface area (Å²) in [6.45, 7) is 3.63. The topological polar surface area (TPSA) is 59.2 Å². The highest BCUT2D eigenvalue weighted by molar-refractivity contribution is 5.62. The molecule has 0 aliphatic heterocycles. The number of aromatic nitrogens is 2. The Bertz CT molecular complexity index is 891. The van der Waals surface area contributed by atoms with Crippen LogP contribution in [-0.2, 0) is 7.05 Å². The molecule has 0 aliphatic rings. The number of para-hydroxylation sites is 1. The van der Waals surface area contributed by atoms with E-state index in [1.165, 1.54) is 0 Å². The van der Waals surface area contributed by atoms with Crippen LogP contribution in [-0.4, -0.2) is 14.5 Å². The first-order chi connectivity index (χ1) is 11.5. The van der Waals surface area contributed by atoms with Crippen molar-refractivity contribution in [3.63, 3.8) is 0 Å². The zero-order valence-electron chi connectivity index (χ0n) is 14.0. The average molecular weight is 323 g/mol. The van der Waals surface area contributed by atoms with E-state index in [0.29, 0.717) is 5.69 Å². The smallest absolute Gasteiger partial charge is 0.295 e. The summed E-state index contributed by atoms with van der Waals surface area (Å²) in [6, 6.07) is 17.0. The predicted molar refractivity (Wildman–Crippen MR) is 96.1 cm³/mol. The Balaban J connectivity index is 1.99. The first-order valence-electron chi connectivity index (χ1n) is 7.88. The van der Waals surface area contributed by atoms with Crippen LogP contribution in [0.4, 0.5) is 11.4 Å². The van der Waals surface area contributed by atoms with Crippen molar-refractivity contribution in [2.45, 2.75) is 20.0 Å². The maximum absolute atomic E-state index is 12.8. The summed E-state index contributed by atoms with van der Waals surface area (Å²) in [5, 5.41) is 12.8. The Labute approximate surface area is 140 Å². The molecule has 2 aromatic carbocycles. The minimum atomic E-state index is -0.507. The van der Waals surface area contributed by atoms with E-state index in [0.717, 1.165) is 22.6 Å². The Kier molecular flexibility index (Phi) is 4.27. The first-order valence-corrected chi connectivity index (χ1v) is 7.88. The molecule has 3 aromatic rings. The number of hydrogen-bond donors (Lipinski definition) is 2. The summed E-state index contributed by atoms with van der Waals surface area (Å²) in [5.74, 6) is 0. The van der Waals surface area contributed by atoms with Crippen molar-refractivity contribution in [2.24, 2.45) is 7.05 Å². The van der Waals surface area contributed by atoms with Gasteiger partial charge in [0.15, 0.2) is 0 Å². The molecule has 0 aliphatic carbocycles. The van der Waals surface area contributed by atoms with Crippen LogP contribution in [0.1, 0.15) is 24.3 Å². The van der Waals surface area contributed by atoms with Crippen LogP contribution in [0, 0.1) is 6.92 Å². The van der Waals surface area contributed by atoms with Gasteiger partial charge in [-0.2, -0.15) is 0 Å². The van der Waals surface area contributed by atoms with E-state index in [4.69, 9.17) is 0 Å². The molecule has 0 saturated carbocycles. The van der Waals surface area contributed by atoms with Gasteiger partial charge in [-0.05, 0) is 43.7 Å². The molecule has 1 heterocycles. The second-order valence-corrected chi connectivity index (χ2v) is 5.86. The highest BCUT2D eigenvalue weighted by atomic mass is 16.3. The number of hydrogen-bond acceptors (Lipinski definition) is 3. The summed E-state index contributed by atoms with van der Waals surface area (Å²) >= 11 is 0. The minimum Gasteiger partial charge on any atom is -0.389 e. The Morgan fingerprint density at radius 2 is 1.67 bits per heavy atom.